The van der Waals surface area contributed by atoms with Gasteiger partial charge in [-0.1, -0.05) is 24.3 Å². The molecule has 0 heterocycles. The van der Waals surface area contributed by atoms with E-state index >= 15 is 0 Å². The molecule has 0 atom stereocenters. The molecule has 0 amide bonds. The molecule has 43 valence electrons. The van der Waals surface area contributed by atoms with Gasteiger partial charge in [-0.25, -0.2) is 0 Å². The fraction of sp³-hybridized carbons (Fsp3) is 0.250. The number of rotatable bonds is 4. The first kappa shape index (κ1) is 7.22. The Morgan fingerprint density at radius 2 is 1.62 bits per heavy atom. The Balaban J connectivity index is 3.32. The van der Waals surface area contributed by atoms with Crippen LogP contribution in [0, 0.1) is 6.58 Å². The van der Waals surface area contributed by atoms with Gasteiger partial charge in [0.1, 0.15) is 0 Å². The number of allylic oxidation sites excluding steroid dienone is 3. The van der Waals surface area contributed by atoms with Gasteiger partial charge in [-0.15, -0.1) is 13.2 Å². The summed E-state index contributed by atoms with van der Waals surface area (Å²) in [6.45, 7) is 12.6. The second-order valence-electron chi connectivity index (χ2n) is 1.64. The van der Waals surface area contributed by atoms with Gasteiger partial charge < -0.3 is 0 Å². The molecule has 0 heteroatoms. The smallest absolute Gasteiger partial charge is 0.0135 e. The second-order valence-corrected chi connectivity index (χ2v) is 1.64. The summed E-state index contributed by atoms with van der Waals surface area (Å²) in [6.07, 6.45) is 5.18. The van der Waals surface area contributed by atoms with Crippen molar-refractivity contribution in [3.05, 3.63) is 37.5 Å². The van der Waals surface area contributed by atoms with Crippen LogP contribution in [0.25, 0.3) is 0 Å². The van der Waals surface area contributed by atoms with Crippen LogP contribution in [0.2, 0.25) is 0 Å². The molecule has 0 aliphatic rings. The average Bonchev–Trinajstić information content (AvgIpc) is 1.68. The fourth-order valence-electron chi connectivity index (χ4n) is 0.454. The van der Waals surface area contributed by atoms with Gasteiger partial charge in [0.25, 0.3) is 0 Å². The number of hydrogen-bond donors (Lipinski definition) is 0. The van der Waals surface area contributed by atoms with E-state index in [1.54, 1.807) is 12.2 Å². The lowest BCUT2D eigenvalue weighted by Crippen LogP contribution is -1.72. The fourth-order valence-corrected chi connectivity index (χ4v) is 0.454. The van der Waals surface area contributed by atoms with E-state index in [1.165, 1.54) is 0 Å². The Kier molecular flexibility index (Phi) is 3.95. The largest absolute Gasteiger partial charge is 0.103 e. The van der Waals surface area contributed by atoms with E-state index in [9.17, 15) is 0 Å². The Bertz CT molecular complexity index is 86.6. The van der Waals surface area contributed by atoms with Gasteiger partial charge in [0.05, 0.1) is 0 Å². The summed E-state index contributed by atoms with van der Waals surface area (Å²) in [6, 6.07) is 0. The zero-order valence-electron chi connectivity index (χ0n) is 5.06. The monoisotopic (exact) mass is 107 g/mol. The Labute approximate surface area is 51.2 Å². The summed E-state index contributed by atoms with van der Waals surface area (Å²) in [5.74, 6) is 0. The lowest BCUT2D eigenvalue weighted by Gasteiger charge is -1.92. The molecule has 0 N–H and O–H groups in total. The Morgan fingerprint density at radius 3 is 1.88 bits per heavy atom. The van der Waals surface area contributed by atoms with Crippen molar-refractivity contribution >= 4 is 0 Å². The zero-order chi connectivity index (χ0) is 6.41. The molecule has 0 aliphatic carbocycles. The molecule has 0 saturated heterocycles. The highest BCUT2D eigenvalue weighted by Gasteiger charge is 1.83. The van der Waals surface area contributed by atoms with E-state index in [0.29, 0.717) is 0 Å². The molecule has 0 bridgehead atoms. The van der Waals surface area contributed by atoms with Crippen LogP contribution < -0.4 is 0 Å². The van der Waals surface area contributed by atoms with Gasteiger partial charge in [0, 0.05) is 0 Å². The van der Waals surface area contributed by atoms with Gasteiger partial charge in [-0.05, 0) is 12.8 Å². The standard InChI is InChI=1S/C8H11/c1-4-6-8(3)7-5-2/h3-5H,1-2,6-7H2. The van der Waals surface area contributed by atoms with Crippen LogP contribution in [0.1, 0.15) is 12.8 Å². The Morgan fingerprint density at radius 1 is 1.25 bits per heavy atom. The van der Waals surface area contributed by atoms with Crippen molar-refractivity contribution in [2.24, 2.45) is 0 Å². The van der Waals surface area contributed by atoms with Crippen molar-refractivity contribution in [1.82, 2.24) is 0 Å². The van der Waals surface area contributed by atoms with Gasteiger partial charge in [0.2, 0.25) is 0 Å². The molecule has 0 unspecified atom stereocenters. The van der Waals surface area contributed by atoms with Gasteiger partial charge in [-0.3, -0.25) is 0 Å². The van der Waals surface area contributed by atoms with E-state index in [4.69, 9.17) is 6.58 Å². The minimum absolute atomic E-state index is 0.798. The van der Waals surface area contributed by atoms with Gasteiger partial charge in [0.15, 0.2) is 0 Å². The summed E-state index contributed by atoms with van der Waals surface area (Å²) < 4.78 is 0. The molecule has 0 fully saturated rings. The third-order valence-corrected chi connectivity index (χ3v) is 0.813. The van der Waals surface area contributed by atoms with E-state index in [-0.39, 0.29) is 0 Å². The first-order valence-corrected chi connectivity index (χ1v) is 2.63. The summed E-state index contributed by atoms with van der Waals surface area (Å²) in [4.78, 5) is 0. The minimum atomic E-state index is 0.798. The molecule has 0 nitrogen and oxygen atoms in total. The normalized spacial score (nSPS) is 8.00. The van der Waals surface area contributed by atoms with Crippen LogP contribution in [0.5, 0.6) is 0 Å². The molecule has 1 radical (unpaired) electrons. The van der Waals surface area contributed by atoms with Gasteiger partial charge in [-0.2, -0.15) is 0 Å². The second kappa shape index (κ2) is 4.38. The third kappa shape index (κ3) is 3.41. The molecule has 0 rings (SSSR count). The van der Waals surface area contributed by atoms with Crippen molar-refractivity contribution in [3.8, 4) is 0 Å². The highest BCUT2D eigenvalue weighted by Crippen LogP contribution is 2.02. The maximum absolute atomic E-state index is 5.47. The predicted octanol–water partition coefficient (Wildman–Crippen LogP) is 2.50. The Hall–Kier alpha value is -0.780. The summed E-state index contributed by atoms with van der Waals surface area (Å²) >= 11 is 0. The quantitative estimate of drug-likeness (QED) is 0.484. The van der Waals surface area contributed by atoms with Crippen LogP contribution >= 0.6 is 0 Å². The topological polar surface area (TPSA) is 0 Å². The lowest BCUT2D eigenvalue weighted by molar-refractivity contribution is 1.12. The summed E-state index contributed by atoms with van der Waals surface area (Å²) in [7, 11) is 0. The molecule has 0 spiro atoms. The van der Waals surface area contributed by atoms with E-state index in [2.05, 4.69) is 13.2 Å². The SMILES string of the molecule is [CH]=C(CC=C)CC=C. The maximum Gasteiger partial charge on any atom is -0.0135 e. The molecule has 0 aromatic rings. The first-order valence-electron chi connectivity index (χ1n) is 2.63. The lowest BCUT2D eigenvalue weighted by atomic mass is 10.1. The highest BCUT2D eigenvalue weighted by molar-refractivity contribution is 5.01. The third-order valence-electron chi connectivity index (χ3n) is 0.813. The summed E-state index contributed by atoms with van der Waals surface area (Å²) in [5, 5.41) is 0. The van der Waals surface area contributed by atoms with Crippen LogP contribution in [0.4, 0.5) is 0 Å². The average molecular weight is 107 g/mol. The molecular formula is C8H11. The van der Waals surface area contributed by atoms with Crippen LogP contribution in [-0.4, -0.2) is 0 Å². The first-order chi connectivity index (χ1) is 3.81. The van der Waals surface area contributed by atoms with Crippen LogP contribution in [0.3, 0.4) is 0 Å². The molecule has 0 aliphatic heterocycles. The van der Waals surface area contributed by atoms with Crippen LogP contribution in [-0.2, 0) is 0 Å². The van der Waals surface area contributed by atoms with Crippen molar-refractivity contribution in [3.63, 3.8) is 0 Å². The predicted molar refractivity (Wildman–Crippen MR) is 37.4 cm³/mol. The summed E-state index contributed by atoms with van der Waals surface area (Å²) in [5.41, 5.74) is 0.926. The molecule has 0 aromatic heterocycles. The van der Waals surface area contributed by atoms with Gasteiger partial charge >= 0.3 is 0 Å². The van der Waals surface area contributed by atoms with Crippen molar-refractivity contribution in [2.75, 3.05) is 0 Å². The maximum atomic E-state index is 5.47. The van der Waals surface area contributed by atoms with Crippen molar-refractivity contribution in [2.45, 2.75) is 12.8 Å². The van der Waals surface area contributed by atoms with E-state index < -0.39 is 0 Å². The van der Waals surface area contributed by atoms with Crippen molar-refractivity contribution in [1.29, 1.82) is 0 Å². The molecule has 0 aromatic carbocycles. The van der Waals surface area contributed by atoms with Crippen LogP contribution in [0.15, 0.2) is 30.9 Å². The minimum Gasteiger partial charge on any atom is -0.103 e. The highest BCUT2D eigenvalue weighted by atomic mass is 13.9. The number of hydrogen-bond acceptors (Lipinski definition) is 0. The van der Waals surface area contributed by atoms with Crippen molar-refractivity contribution < 1.29 is 0 Å². The molecule has 8 heavy (non-hydrogen) atoms. The molecule has 0 saturated carbocycles. The zero-order valence-corrected chi connectivity index (χ0v) is 5.06. The van der Waals surface area contributed by atoms with E-state index in [0.717, 1.165) is 18.4 Å². The van der Waals surface area contributed by atoms with E-state index in [1.807, 2.05) is 0 Å². The molecular weight excluding hydrogens is 96.1 g/mol.